The molecule has 2 heterocycles. The van der Waals surface area contributed by atoms with Crippen LogP contribution in [0.3, 0.4) is 0 Å². The Bertz CT molecular complexity index is 1290. The average molecular weight is 497 g/mol. The third kappa shape index (κ3) is 5.70. The summed E-state index contributed by atoms with van der Waals surface area (Å²) < 4.78 is 18.0. The first-order valence-electron chi connectivity index (χ1n) is 12.1. The summed E-state index contributed by atoms with van der Waals surface area (Å²) in [5.41, 5.74) is 5.89. The van der Waals surface area contributed by atoms with Crippen molar-refractivity contribution in [1.82, 2.24) is 0 Å². The number of benzene rings is 3. The minimum atomic E-state index is -0.253. The molecule has 2 aliphatic rings. The molecule has 5 nitrogen and oxygen atoms in total. The number of ether oxygens (including phenoxy) is 3. The molecular formula is C30H32N2O3Si. The zero-order chi connectivity index (χ0) is 24.6. The van der Waals surface area contributed by atoms with E-state index in [1.807, 2.05) is 12.1 Å². The number of nitrogens with zero attached hydrogens (tertiary/aromatic N) is 2. The van der Waals surface area contributed by atoms with E-state index in [2.05, 4.69) is 89.2 Å². The zero-order valence-corrected chi connectivity index (χ0v) is 22.6. The highest BCUT2D eigenvalue weighted by atomic mass is 28.1. The van der Waals surface area contributed by atoms with Gasteiger partial charge in [-0.25, -0.2) is 9.98 Å². The van der Waals surface area contributed by atoms with Crippen LogP contribution in [0.1, 0.15) is 49.9 Å². The predicted octanol–water partition coefficient (Wildman–Crippen LogP) is 5.97. The summed E-state index contributed by atoms with van der Waals surface area (Å²) >= 11 is 0. The van der Waals surface area contributed by atoms with Crippen molar-refractivity contribution in [2.24, 2.45) is 9.98 Å². The molecule has 0 saturated heterocycles. The first-order chi connectivity index (χ1) is 16.7. The quantitative estimate of drug-likeness (QED) is 0.395. The third-order valence-corrected chi connectivity index (χ3v) is 6.13. The summed E-state index contributed by atoms with van der Waals surface area (Å²) in [6, 6.07) is 22.9. The Morgan fingerprint density at radius 3 is 1.83 bits per heavy atom. The van der Waals surface area contributed by atoms with Crippen LogP contribution in [0.4, 0.5) is 0 Å². The van der Waals surface area contributed by atoms with Crippen molar-refractivity contribution in [3.8, 4) is 16.9 Å². The van der Waals surface area contributed by atoms with Crippen molar-refractivity contribution in [3.63, 3.8) is 0 Å². The molecule has 0 amide bonds. The van der Waals surface area contributed by atoms with E-state index < -0.39 is 0 Å². The molecule has 6 heteroatoms. The average Bonchev–Trinajstić information content (AvgIpc) is 3.39. The van der Waals surface area contributed by atoms with E-state index in [1.54, 1.807) is 0 Å². The summed E-state index contributed by atoms with van der Waals surface area (Å²) in [6.45, 7) is 12.0. The first-order valence-corrected chi connectivity index (χ1v) is 12.1. The molecular weight excluding hydrogens is 464 g/mol. The van der Waals surface area contributed by atoms with Gasteiger partial charge in [0.2, 0.25) is 11.8 Å². The lowest BCUT2D eigenvalue weighted by atomic mass is 9.98. The number of aryl methyl sites for hydroxylation is 1. The fraction of sp³-hybridized carbons (Fsp3) is 0.333. The van der Waals surface area contributed by atoms with E-state index in [0.29, 0.717) is 31.6 Å². The van der Waals surface area contributed by atoms with E-state index in [9.17, 15) is 0 Å². The molecule has 0 fully saturated rings. The normalized spacial score (nSPS) is 17.4. The van der Waals surface area contributed by atoms with Gasteiger partial charge in [0.15, 0.2) is 0 Å². The second-order valence-corrected chi connectivity index (χ2v) is 10.6. The van der Waals surface area contributed by atoms with Crippen molar-refractivity contribution in [1.29, 1.82) is 0 Å². The third-order valence-electron chi connectivity index (χ3n) is 6.13. The predicted molar refractivity (Wildman–Crippen MR) is 146 cm³/mol. The van der Waals surface area contributed by atoms with E-state index in [0.717, 1.165) is 33.6 Å². The fourth-order valence-electron chi connectivity index (χ4n) is 4.13. The maximum absolute atomic E-state index is 6.02. The minimum Gasteiger partial charge on any atom is -0.489 e. The molecule has 3 aromatic rings. The largest absolute Gasteiger partial charge is 0.489 e. The van der Waals surface area contributed by atoms with Gasteiger partial charge in [-0.2, -0.15) is 0 Å². The summed E-state index contributed by atoms with van der Waals surface area (Å²) in [7, 11) is 0. The Hall–Kier alpha value is -3.38. The summed E-state index contributed by atoms with van der Waals surface area (Å²) in [6.07, 6.45) is 0. The van der Waals surface area contributed by atoms with Crippen LogP contribution < -0.4 is 4.74 Å². The lowest BCUT2D eigenvalue weighted by Gasteiger charge is -2.12. The molecule has 2 aliphatic heterocycles. The molecule has 0 atom stereocenters. The Morgan fingerprint density at radius 2 is 1.28 bits per heavy atom. The van der Waals surface area contributed by atoms with Gasteiger partial charge in [-0.05, 0) is 75.6 Å². The molecule has 0 N–H and O–H groups in total. The van der Waals surface area contributed by atoms with Gasteiger partial charge in [-0.15, -0.1) is 0 Å². The molecule has 36 heavy (non-hydrogen) atoms. The lowest BCUT2D eigenvalue weighted by molar-refractivity contribution is 0.277. The van der Waals surface area contributed by atoms with Gasteiger partial charge in [0.25, 0.3) is 0 Å². The van der Waals surface area contributed by atoms with Gasteiger partial charge in [0.1, 0.15) is 25.6 Å². The summed E-state index contributed by atoms with van der Waals surface area (Å²) in [5, 5.41) is 0. The number of rotatable bonds is 6. The second-order valence-electron chi connectivity index (χ2n) is 10.6. The van der Waals surface area contributed by atoms with Crippen LogP contribution in [0.2, 0.25) is 0 Å². The Balaban J connectivity index is 0.00000304. The second kappa shape index (κ2) is 9.94. The monoisotopic (exact) mass is 496 g/mol. The topological polar surface area (TPSA) is 52.4 Å². The number of aliphatic imine (C=N–C) groups is 2. The van der Waals surface area contributed by atoms with Gasteiger partial charge in [0, 0.05) is 22.1 Å². The molecule has 0 unspecified atom stereocenters. The molecule has 4 radical (unpaired) electrons. The summed E-state index contributed by atoms with van der Waals surface area (Å²) in [5.74, 6) is 2.13. The van der Waals surface area contributed by atoms with Crippen LogP contribution in [-0.4, -0.2) is 47.1 Å². The maximum atomic E-state index is 6.02. The number of hydrogen-bond donors (Lipinski definition) is 0. The Labute approximate surface area is 218 Å². The van der Waals surface area contributed by atoms with E-state index in [4.69, 9.17) is 24.2 Å². The van der Waals surface area contributed by atoms with Crippen molar-refractivity contribution in [2.75, 3.05) is 13.2 Å². The first kappa shape index (κ1) is 25.7. The van der Waals surface area contributed by atoms with Crippen molar-refractivity contribution >= 4 is 22.8 Å². The molecule has 0 bridgehead atoms. The summed E-state index contributed by atoms with van der Waals surface area (Å²) in [4.78, 5) is 9.62. The molecule has 5 rings (SSSR count). The van der Waals surface area contributed by atoms with Gasteiger partial charge >= 0.3 is 0 Å². The number of hydrogen-bond acceptors (Lipinski definition) is 5. The van der Waals surface area contributed by atoms with E-state index in [-0.39, 0.29) is 22.0 Å². The Morgan fingerprint density at radius 1 is 0.722 bits per heavy atom. The van der Waals surface area contributed by atoms with Crippen LogP contribution >= 0.6 is 0 Å². The lowest BCUT2D eigenvalue weighted by Crippen LogP contribution is -2.17. The highest BCUT2D eigenvalue weighted by Crippen LogP contribution is 2.31. The highest BCUT2D eigenvalue weighted by Gasteiger charge is 2.32. The Kier molecular flexibility index (Phi) is 7.09. The van der Waals surface area contributed by atoms with Crippen LogP contribution in [0.15, 0.2) is 76.7 Å². The van der Waals surface area contributed by atoms with Crippen LogP contribution in [0, 0.1) is 6.92 Å². The highest BCUT2D eigenvalue weighted by molar-refractivity contribution is 6.09. The molecule has 0 aromatic heterocycles. The molecule has 3 aromatic carbocycles. The maximum Gasteiger partial charge on any atom is 0.217 e. The standard InChI is InChI=1S/C30H32N2O3.Si/c1-20-6-8-21(9-7-20)17-33-24-13-10-22(11-14-24)23-12-15-25(27-31-29(2,3)18-34-27)26(16-23)28-32-30(4,5)19-35-28;/h6-16H,17-19H2,1-5H3;. The molecule has 0 saturated carbocycles. The molecule has 0 spiro atoms. The van der Waals surface area contributed by atoms with Crippen molar-refractivity contribution in [2.45, 2.75) is 52.3 Å². The fourth-order valence-corrected chi connectivity index (χ4v) is 4.13. The zero-order valence-electron chi connectivity index (χ0n) is 21.6. The van der Waals surface area contributed by atoms with Gasteiger partial charge in [-0.3, -0.25) is 0 Å². The van der Waals surface area contributed by atoms with Crippen molar-refractivity contribution in [3.05, 3.63) is 89.0 Å². The van der Waals surface area contributed by atoms with Gasteiger partial charge in [0.05, 0.1) is 11.1 Å². The van der Waals surface area contributed by atoms with Crippen LogP contribution in [-0.2, 0) is 16.1 Å². The van der Waals surface area contributed by atoms with Gasteiger partial charge < -0.3 is 14.2 Å². The van der Waals surface area contributed by atoms with Crippen molar-refractivity contribution < 1.29 is 14.2 Å². The molecule has 0 aliphatic carbocycles. The van der Waals surface area contributed by atoms with E-state index in [1.165, 1.54) is 5.56 Å². The van der Waals surface area contributed by atoms with Crippen LogP contribution in [0.5, 0.6) is 5.75 Å². The SMILES string of the molecule is Cc1ccc(COc2ccc(-c3ccc(C4=NC(C)(C)CO4)c(C4=NC(C)(C)CO4)c3)cc2)cc1.[Si]. The van der Waals surface area contributed by atoms with Crippen LogP contribution in [0.25, 0.3) is 11.1 Å². The van der Waals surface area contributed by atoms with Gasteiger partial charge in [-0.1, -0.05) is 48.0 Å². The minimum absolute atomic E-state index is 0. The van der Waals surface area contributed by atoms with E-state index >= 15 is 0 Å². The molecule has 184 valence electrons. The smallest absolute Gasteiger partial charge is 0.217 e.